The second-order valence-electron chi connectivity index (χ2n) is 8.21. The molecule has 0 aromatic heterocycles. The summed E-state index contributed by atoms with van der Waals surface area (Å²) in [7, 11) is 0. The predicted octanol–water partition coefficient (Wildman–Crippen LogP) is 6.36. The normalized spacial score (nSPS) is 34.1. The van der Waals surface area contributed by atoms with Gasteiger partial charge in [0.05, 0.1) is 10.5 Å². The van der Waals surface area contributed by atoms with Gasteiger partial charge in [-0.2, -0.15) is 26.3 Å². The van der Waals surface area contributed by atoms with Gasteiger partial charge in [-0.25, -0.2) is 4.39 Å². The number of alkyl halides is 6. The van der Waals surface area contributed by atoms with E-state index in [4.69, 9.17) is 4.84 Å². The van der Waals surface area contributed by atoms with E-state index in [9.17, 15) is 30.7 Å². The summed E-state index contributed by atoms with van der Waals surface area (Å²) in [6.45, 7) is 4.12. The van der Waals surface area contributed by atoms with Crippen molar-refractivity contribution in [2.24, 2.45) is 5.16 Å². The van der Waals surface area contributed by atoms with E-state index in [0.717, 1.165) is 23.9 Å². The van der Waals surface area contributed by atoms with Crippen molar-refractivity contribution in [1.29, 1.82) is 0 Å². The molecule has 1 saturated carbocycles. The lowest BCUT2D eigenvalue weighted by atomic mass is 9.68. The molecule has 0 amide bonds. The summed E-state index contributed by atoms with van der Waals surface area (Å²) >= 11 is 1.01. The molecular formula is C21H14F7NOS. The first-order valence-electron chi connectivity index (χ1n) is 9.24. The number of rotatable bonds is 1. The highest BCUT2D eigenvalue weighted by Gasteiger charge is 2.85. The minimum Gasteiger partial charge on any atom is -0.382 e. The molecule has 2 heterocycles. The molecule has 0 spiro atoms. The molecule has 31 heavy (non-hydrogen) atoms. The topological polar surface area (TPSA) is 21.6 Å². The van der Waals surface area contributed by atoms with Gasteiger partial charge < -0.3 is 4.84 Å². The zero-order valence-electron chi connectivity index (χ0n) is 16.3. The molecule has 1 aromatic rings. The monoisotopic (exact) mass is 461 g/mol. The molecule has 0 radical (unpaired) electrons. The molecule has 2 atom stereocenters. The third-order valence-corrected chi connectivity index (χ3v) is 8.12. The van der Waals surface area contributed by atoms with Crippen LogP contribution in [0.15, 0.2) is 57.8 Å². The van der Waals surface area contributed by atoms with Crippen LogP contribution in [-0.4, -0.2) is 33.8 Å². The van der Waals surface area contributed by atoms with Gasteiger partial charge in [0, 0.05) is 21.6 Å². The Hall–Kier alpha value is -2.23. The van der Waals surface area contributed by atoms with Crippen molar-refractivity contribution < 1.29 is 35.6 Å². The maximum absolute atomic E-state index is 15.0. The Morgan fingerprint density at radius 1 is 0.871 bits per heavy atom. The fourth-order valence-electron chi connectivity index (χ4n) is 4.75. The number of benzene rings is 1. The molecular weight excluding hydrogens is 447 g/mol. The first-order chi connectivity index (χ1) is 14.2. The molecule has 2 aliphatic carbocycles. The molecule has 2 unspecified atom stereocenters. The Morgan fingerprint density at radius 3 is 2.06 bits per heavy atom. The average molecular weight is 461 g/mol. The number of thioether (sulfide) groups is 1. The molecule has 4 aliphatic rings. The molecule has 5 rings (SSSR count). The van der Waals surface area contributed by atoms with Crippen LogP contribution < -0.4 is 0 Å². The molecule has 1 aromatic carbocycles. The lowest BCUT2D eigenvalue weighted by Crippen LogP contribution is -2.53. The van der Waals surface area contributed by atoms with E-state index in [-0.39, 0.29) is 11.3 Å². The Kier molecular flexibility index (Phi) is 3.71. The summed E-state index contributed by atoms with van der Waals surface area (Å²) in [5.74, 6) is -16.4. The van der Waals surface area contributed by atoms with Crippen molar-refractivity contribution in [2.75, 3.05) is 0 Å². The van der Waals surface area contributed by atoms with Gasteiger partial charge in [0.15, 0.2) is 5.60 Å². The van der Waals surface area contributed by atoms with E-state index < -0.39 is 50.7 Å². The summed E-state index contributed by atoms with van der Waals surface area (Å²) < 4.78 is 100. The first kappa shape index (κ1) is 20.7. The van der Waals surface area contributed by atoms with E-state index in [1.165, 1.54) is 39.0 Å². The maximum atomic E-state index is 15.0. The number of allylic oxidation sites excluding steroid dienone is 3. The van der Waals surface area contributed by atoms with E-state index >= 15 is 0 Å². The first-order valence-corrected chi connectivity index (χ1v) is 10.1. The highest BCUT2D eigenvalue weighted by molar-refractivity contribution is 8.10. The number of halogens is 7. The number of oxime groups is 1. The smallest absolute Gasteiger partial charge is 0.380 e. The fraction of sp³-hybridized carbons (Fsp3) is 0.381. The maximum Gasteiger partial charge on any atom is 0.380 e. The molecule has 2 nitrogen and oxygen atoms in total. The highest BCUT2D eigenvalue weighted by Crippen LogP contribution is 2.72. The van der Waals surface area contributed by atoms with E-state index in [2.05, 4.69) is 5.16 Å². The summed E-state index contributed by atoms with van der Waals surface area (Å²) in [4.78, 5) is 5.82. The molecule has 0 N–H and O–H groups in total. The zero-order valence-corrected chi connectivity index (χ0v) is 17.1. The van der Waals surface area contributed by atoms with Gasteiger partial charge in [0.1, 0.15) is 5.82 Å². The number of hydrogen-bond donors (Lipinski definition) is 0. The van der Waals surface area contributed by atoms with Crippen LogP contribution in [0.2, 0.25) is 0 Å². The molecule has 164 valence electrons. The molecule has 10 heteroatoms. The standard InChI is InChI=1S/C21H14F7NOS/c1-9-14-16-15(19(23,24)21(27,28)20(16,25)26)12-8-13(10-4-6-11(22)7-5-10)31-18(12,3)17(14,2)30-29-9/h4-8H,1-3H3. The van der Waals surface area contributed by atoms with Crippen molar-refractivity contribution in [3.8, 4) is 0 Å². The minimum atomic E-state index is -5.63. The Labute approximate surface area is 176 Å². The van der Waals surface area contributed by atoms with Gasteiger partial charge in [0.2, 0.25) is 0 Å². The van der Waals surface area contributed by atoms with Crippen molar-refractivity contribution in [3.63, 3.8) is 0 Å². The lowest BCUT2D eigenvalue weighted by Gasteiger charge is -2.45. The zero-order chi connectivity index (χ0) is 22.8. The summed E-state index contributed by atoms with van der Waals surface area (Å²) in [6.07, 6.45) is 1.19. The lowest BCUT2D eigenvalue weighted by molar-refractivity contribution is -0.258. The molecule has 0 bridgehead atoms. The summed E-state index contributed by atoms with van der Waals surface area (Å²) in [5.41, 5.74) is -5.05. The van der Waals surface area contributed by atoms with Crippen LogP contribution in [0.3, 0.4) is 0 Å². The van der Waals surface area contributed by atoms with Crippen LogP contribution in [0.4, 0.5) is 30.7 Å². The van der Waals surface area contributed by atoms with Gasteiger partial charge in [-0.05, 0) is 50.1 Å². The van der Waals surface area contributed by atoms with Crippen molar-refractivity contribution >= 4 is 22.4 Å². The third-order valence-electron chi connectivity index (χ3n) is 6.53. The molecule has 2 aliphatic heterocycles. The largest absolute Gasteiger partial charge is 0.382 e. The second kappa shape index (κ2) is 5.57. The second-order valence-corrected chi connectivity index (χ2v) is 9.67. The average Bonchev–Trinajstić information content (AvgIpc) is 3.22. The fourth-order valence-corrected chi connectivity index (χ4v) is 6.22. The van der Waals surface area contributed by atoms with Crippen LogP contribution in [-0.2, 0) is 4.84 Å². The Balaban J connectivity index is 1.87. The van der Waals surface area contributed by atoms with Crippen LogP contribution in [0, 0.1) is 5.82 Å². The Bertz CT molecular complexity index is 1160. The number of nitrogens with zero attached hydrogens (tertiary/aromatic N) is 1. The summed E-state index contributed by atoms with van der Waals surface area (Å²) in [6, 6.07) is 5.10. The highest BCUT2D eigenvalue weighted by atomic mass is 32.2. The van der Waals surface area contributed by atoms with Gasteiger partial charge >= 0.3 is 17.8 Å². The van der Waals surface area contributed by atoms with Gasteiger partial charge in [-0.15, -0.1) is 11.8 Å². The predicted molar refractivity (Wildman–Crippen MR) is 102 cm³/mol. The quantitative estimate of drug-likeness (QED) is 0.454. The van der Waals surface area contributed by atoms with E-state index in [0.29, 0.717) is 10.5 Å². The van der Waals surface area contributed by atoms with Gasteiger partial charge in [-0.3, -0.25) is 0 Å². The summed E-state index contributed by atoms with van der Waals surface area (Å²) in [5, 5.41) is 3.71. The van der Waals surface area contributed by atoms with E-state index in [1.54, 1.807) is 0 Å². The van der Waals surface area contributed by atoms with Crippen molar-refractivity contribution in [1.82, 2.24) is 0 Å². The molecule has 1 fully saturated rings. The van der Waals surface area contributed by atoms with E-state index in [1.807, 2.05) is 0 Å². The van der Waals surface area contributed by atoms with Crippen molar-refractivity contribution in [3.05, 3.63) is 64.0 Å². The van der Waals surface area contributed by atoms with Crippen LogP contribution in [0.5, 0.6) is 0 Å². The Morgan fingerprint density at radius 2 is 1.45 bits per heavy atom. The van der Waals surface area contributed by atoms with Gasteiger partial charge in [-0.1, -0.05) is 17.3 Å². The van der Waals surface area contributed by atoms with Gasteiger partial charge in [0.25, 0.3) is 0 Å². The van der Waals surface area contributed by atoms with Crippen LogP contribution in [0.25, 0.3) is 4.91 Å². The number of hydrogen-bond acceptors (Lipinski definition) is 3. The van der Waals surface area contributed by atoms with Crippen molar-refractivity contribution in [2.45, 2.75) is 48.9 Å². The SMILES string of the molecule is CC1=NOC2(C)C1=C1C(=C3C=C(c4ccc(F)cc4)SC32C)C(F)(F)C(F)(F)C1(F)F. The third kappa shape index (κ3) is 2.10. The minimum absolute atomic E-state index is 0.153. The van der Waals surface area contributed by atoms with Crippen LogP contribution in [0.1, 0.15) is 26.3 Å². The number of fused-ring (bicyclic) bond motifs is 4. The molecule has 0 saturated heterocycles. The van der Waals surface area contributed by atoms with Crippen LogP contribution >= 0.6 is 11.8 Å².